The first kappa shape index (κ1) is 24.8. The van der Waals surface area contributed by atoms with E-state index in [1.807, 2.05) is 18.2 Å². The number of aliphatic hydroxyl groups excluding tert-OH is 1. The minimum atomic E-state index is -3.53. The van der Waals surface area contributed by atoms with Crippen LogP contribution in [0.25, 0.3) is 28.4 Å². The molecule has 0 bridgehead atoms. The number of benzene rings is 1. The van der Waals surface area contributed by atoms with Crippen LogP contribution in [0.1, 0.15) is 19.7 Å². The third kappa shape index (κ3) is 5.85. The largest absolute Gasteiger partial charge is 0.491 e. The van der Waals surface area contributed by atoms with Gasteiger partial charge in [0.2, 0.25) is 18.0 Å². The Hall–Kier alpha value is -3.33. The number of aliphatic hydroxyl groups is 1. The summed E-state index contributed by atoms with van der Waals surface area (Å²) >= 11 is 0.744. The smallest absolute Gasteiger partial charge is 0.339 e. The number of aromatic nitrogens is 4. The van der Waals surface area contributed by atoms with Gasteiger partial charge in [0.1, 0.15) is 11.4 Å². The minimum absolute atomic E-state index is 0.158. The van der Waals surface area contributed by atoms with Crippen molar-refractivity contribution in [3.05, 3.63) is 48.6 Å². The second-order valence-corrected chi connectivity index (χ2v) is 9.31. The van der Waals surface area contributed by atoms with Crippen LogP contribution >= 0.6 is 22.6 Å². The second kappa shape index (κ2) is 9.73. The summed E-state index contributed by atoms with van der Waals surface area (Å²) in [6.45, 7) is 5.40. The van der Waals surface area contributed by atoms with E-state index in [4.69, 9.17) is 9.15 Å². The molecule has 13 heteroatoms. The molecule has 4 aromatic rings. The number of aryl methyl sites for hydroxylation is 1. The van der Waals surface area contributed by atoms with E-state index in [-0.39, 0.29) is 11.8 Å². The number of halogens is 3. The Kier molecular flexibility index (Phi) is 6.89. The van der Waals surface area contributed by atoms with Gasteiger partial charge in [-0.3, -0.25) is 4.40 Å². The van der Waals surface area contributed by atoms with Gasteiger partial charge in [-0.25, -0.2) is 9.78 Å². The average molecular weight is 598 g/mol. The number of nitrogens with zero attached hydrogens (tertiary/aromatic N) is 4. The number of carbonyl (C=O) groups is 1. The molecular formula is C22H21F2IN6O4. The maximum atomic E-state index is 13.2. The maximum Gasteiger partial charge on any atom is 0.339 e. The van der Waals surface area contributed by atoms with Crippen molar-refractivity contribution in [1.82, 2.24) is 24.9 Å². The van der Waals surface area contributed by atoms with Crippen molar-refractivity contribution in [2.24, 2.45) is 0 Å². The Balaban J connectivity index is 1.67. The molecule has 0 aliphatic carbocycles. The van der Waals surface area contributed by atoms with Gasteiger partial charge in [-0.15, -0.1) is 10.2 Å². The first-order valence-corrected chi connectivity index (χ1v) is 11.5. The zero-order valence-corrected chi connectivity index (χ0v) is 20.9. The Labute approximate surface area is 211 Å². The normalized spacial score (nSPS) is 12.7. The highest BCUT2D eigenvalue weighted by molar-refractivity contribution is 14.1. The maximum absolute atomic E-state index is 13.2. The molecule has 0 saturated carbocycles. The summed E-state index contributed by atoms with van der Waals surface area (Å²) in [5.74, 6) is 1.27. The van der Waals surface area contributed by atoms with Crippen molar-refractivity contribution >= 4 is 40.0 Å². The van der Waals surface area contributed by atoms with Crippen molar-refractivity contribution in [1.29, 1.82) is 0 Å². The molecule has 3 heterocycles. The number of ether oxygens (including phenoxy) is 1. The van der Waals surface area contributed by atoms with Gasteiger partial charge < -0.3 is 24.9 Å². The second-order valence-electron chi connectivity index (χ2n) is 7.87. The standard InChI is InChI=1S/C22H21F2IN6O4/c1-11(2)34-16-7-14(6-15(9-16)27-21(33)28-20(32)22(23,24)25)17-10-26-18-8-13(4-5-31(17)18)19-30-29-12(3)35-19/h4-11,20,32H,1-3H3,(H2,27,28,33). The number of carbonyl (C=O) groups excluding carboxylic acids is 1. The fourth-order valence-electron chi connectivity index (χ4n) is 3.27. The van der Waals surface area contributed by atoms with E-state index in [0.717, 1.165) is 22.6 Å². The average Bonchev–Trinajstić information content (AvgIpc) is 3.38. The number of imidazole rings is 1. The summed E-state index contributed by atoms with van der Waals surface area (Å²) in [5, 5.41) is 21.6. The SMILES string of the molecule is Cc1nnc(-c2ccn3c(-c4cc(NC(=O)NC(O)C(F)(F)I)cc(OC(C)C)c4)cnc3c2)o1. The van der Waals surface area contributed by atoms with Gasteiger partial charge in [0.15, 0.2) is 0 Å². The number of nitrogens with one attached hydrogen (secondary N) is 2. The molecule has 4 rings (SSSR count). The summed E-state index contributed by atoms with van der Waals surface area (Å²) in [4.78, 5) is 16.6. The van der Waals surface area contributed by atoms with Crippen LogP contribution in [0.15, 0.2) is 47.1 Å². The lowest BCUT2D eigenvalue weighted by Crippen LogP contribution is -2.46. The van der Waals surface area contributed by atoms with Crippen LogP contribution in [0.2, 0.25) is 0 Å². The first-order chi connectivity index (χ1) is 16.5. The molecule has 2 amide bonds. The molecular weight excluding hydrogens is 577 g/mol. The summed E-state index contributed by atoms with van der Waals surface area (Å²) < 4.78 is 36.0. The molecule has 0 aliphatic heterocycles. The van der Waals surface area contributed by atoms with Crippen LogP contribution in [0, 0.1) is 6.92 Å². The fraction of sp³-hybridized carbons (Fsp3) is 0.273. The Morgan fingerprint density at radius 2 is 2.00 bits per heavy atom. The lowest BCUT2D eigenvalue weighted by Gasteiger charge is -2.19. The van der Waals surface area contributed by atoms with Crippen molar-refractivity contribution < 1.29 is 27.8 Å². The zero-order valence-electron chi connectivity index (χ0n) is 18.8. The number of anilines is 1. The number of pyridine rings is 1. The van der Waals surface area contributed by atoms with Gasteiger partial charge in [-0.05, 0) is 38.1 Å². The lowest BCUT2D eigenvalue weighted by molar-refractivity contribution is -0.0301. The minimum Gasteiger partial charge on any atom is -0.491 e. The molecule has 0 aliphatic rings. The molecule has 0 fully saturated rings. The van der Waals surface area contributed by atoms with Crippen LogP contribution in [0.3, 0.4) is 0 Å². The number of fused-ring (bicyclic) bond motifs is 1. The molecule has 1 unspecified atom stereocenters. The van der Waals surface area contributed by atoms with Gasteiger partial charge >= 0.3 is 9.96 Å². The number of rotatable bonds is 7. The number of hydrogen-bond donors (Lipinski definition) is 3. The fourth-order valence-corrected chi connectivity index (χ4v) is 3.43. The van der Waals surface area contributed by atoms with Gasteiger partial charge in [0.05, 0.1) is 18.0 Å². The van der Waals surface area contributed by atoms with E-state index in [9.17, 15) is 18.7 Å². The van der Waals surface area contributed by atoms with Gasteiger partial charge in [-0.2, -0.15) is 8.78 Å². The molecule has 1 atom stereocenters. The quantitative estimate of drug-likeness (QED) is 0.161. The van der Waals surface area contributed by atoms with E-state index < -0.39 is 16.2 Å². The van der Waals surface area contributed by atoms with Gasteiger partial charge in [0.25, 0.3) is 0 Å². The Morgan fingerprint density at radius 1 is 1.23 bits per heavy atom. The van der Waals surface area contributed by atoms with E-state index in [1.54, 1.807) is 55.0 Å². The van der Waals surface area contributed by atoms with E-state index in [0.29, 0.717) is 40.0 Å². The first-order valence-electron chi connectivity index (χ1n) is 10.4. The molecule has 35 heavy (non-hydrogen) atoms. The van der Waals surface area contributed by atoms with Crippen LogP contribution in [-0.2, 0) is 0 Å². The van der Waals surface area contributed by atoms with Gasteiger partial charge in [0, 0.05) is 58.6 Å². The highest BCUT2D eigenvalue weighted by atomic mass is 127. The molecule has 0 radical (unpaired) electrons. The van der Waals surface area contributed by atoms with Gasteiger partial charge in [-0.1, -0.05) is 0 Å². The van der Waals surface area contributed by atoms with Crippen LogP contribution < -0.4 is 15.4 Å². The molecule has 10 nitrogen and oxygen atoms in total. The van der Waals surface area contributed by atoms with Crippen molar-refractivity contribution in [3.63, 3.8) is 0 Å². The van der Waals surface area contributed by atoms with Crippen LogP contribution in [-0.4, -0.2) is 47.0 Å². The summed E-state index contributed by atoms with van der Waals surface area (Å²) in [5.41, 5.74) is 2.92. The molecule has 0 saturated heterocycles. The van der Waals surface area contributed by atoms with Crippen molar-refractivity contribution in [3.8, 4) is 28.5 Å². The van der Waals surface area contributed by atoms with Crippen LogP contribution in [0.4, 0.5) is 19.3 Å². The van der Waals surface area contributed by atoms with E-state index in [1.165, 1.54) is 0 Å². The Morgan fingerprint density at radius 3 is 2.66 bits per heavy atom. The van der Waals surface area contributed by atoms with E-state index in [2.05, 4.69) is 20.5 Å². The van der Waals surface area contributed by atoms with Crippen molar-refractivity contribution in [2.75, 3.05) is 5.32 Å². The Bertz CT molecular complexity index is 1370. The number of alkyl halides is 3. The van der Waals surface area contributed by atoms with E-state index >= 15 is 0 Å². The number of amides is 2. The number of hydrogen-bond acceptors (Lipinski definition) is 7. The highest BCUT2D eigenvalue weighted by Crippen LogP contribution is 2.31. The monoisotopic (exact) mass is 598 g/mol. The molecule has 3 aromatic heterocycles. The molecule has 184 valence electrons. The topological polar surface area (TPSA) is 127 Å². The predicted octanol–water partition coefficient (Wildman–Crippen LogP) is 4.61. The molecule has 0 spiro atoms. The van der Waals surface area contributed by atoms with Crippen molar-refractivity contribution in [2.45, 2.75) is 37.0 Å². The highest BCUT2D eigenvalue weighted by Gasteiger charge is 2.36. The van der Waals surface area contributed by atoms with Crippen LogP contribution in [0.5, 0.6) is 5.75 Å². The molecule has 3 N–H and O–H groups in total. The third-order valence-corrected chi connectivity index (χ3v) is 5.29. The summed E-state index contributed by atoms with van der Waals surface area (Å²) in [6, 6.07) is 7.56. The predicted molar refractivity (Wildman–Crippen MR) is 132 cm³/mol. The lowest BCUT2D eigenvalue weighted by atomic mass is 10.1. The summed E-state index contributed by atoms with van der Waals surface area (Å²) in [6.07, 6.45) is 0.931. The number of urea groups is 1. The summed E-state index contributed by atoms with van der Waals surface area (Å²) in [7, 11) is 0. The molecule has 1 aromatic carbocycles. The third-order valence-electron chi connectivity index (χ3n) is 4.70. The zero-order chi connectivity index (χ0) is 25.3.